The first kappa shape index (κ1) is 30.0. The Morgan fingerprint density at radius 3 is 1.77 bits per heavy atom. The summed E-state index contributed by atoms with van der Waals surface area (Å²) in [6.07, 6.45) is 7.98. The van der Waals surface area contributed by atoms with E-state index in [9.17, 15) is 4.39 Å². The van der Waals surface area contributed by atoms with Crippen LogP contribution in [0.2, 0.25) is 5.02 Å². The molecule has 0 aliphatic rings. The van der Waals surface area contributed by atoms with E-state index in [-0.39, 0.29) is 5.82 Å². The number of benzene rings is 2. The zero-order valence-corrected chi connectivity index (χ0v) is 17.6. The Morgan fingerprint density at radius 2 is 1.46 bits per heavy atom. The molecule has 0 heterocycles. The van der Waals surface area contributed by atoms with Crippen LogP contribution in [0.15, 0.2) is 42.5 Å². The molecule has 0 saturated carbocycles. The van der Waals surface area contributed by atoms with Crippen molar-refractivity contribution in [2.75, 3.05) is 0 Å². The average Bonchev–Trinajstić information content (AvgIpc) is 2.71. The molecule has 0 aliphatic heterocycles. The quantitative estimate of drug-likeness (QED) is 0.370. The molecule has 0 spiro atoms. The van der Waals surface area contributed by atoms with E-state index in [1.54, 1.807) is 0 Å². The molecule has 0 unspecified atom stereocenters. The second kappa shape index (κ2) is 29.1. The molecule has 0 aromatic heterocycles. The SMILES string of the molecule is Fc1cc[c-]c(Cl)c1.[CH2-]CCCCCCC.[O]=[Co].[O]=[Co].[c-]1cc[c-]cc1. The summed E-state index contributed by atoms with van der Waals surface area (Å²) in [5, 5.41) is 0.310. The minimum atomic E-state index is -0.325. The number of rotatable bonds is 5. The van der Waals surface area contributed by atoms with E-state index < -0.39 is 0 Å². The molecule has 152 valence electrons. The van der Waals surface area contributed by atoms with Crippen molar-refractivity contribution in [2.45, 2.75) is 45.4 Å². The summed E-state index contributed by atoms with van der Waals surface area (Å²) >= 11 is 9.97. The van der Waals surface area contributed by atoms with Crippen molar-refractivity contribution in [2.24, 2.45) is 0 Å². The minimum absolute atomic E-state index is 0.310. The molecule has 2 aromatic carbocycles. The standard InChI is InChI=1S/C8H17.C6H3ClF.C6H4.2Co.2O/c1-3-5-7-8-6-4-2;7-5-2-1-3-6(8)4-5;1-2-4-6-5-3-1;;;;/h1,3-8H2,2H3;1,3-4H;1-2,5-6H;;;;/q2*-1;-2;;;;. The van der Waals surface area contributed by atoms with Gasteiger partial charge in [0.1, 0.15) is 0 Å². The molecule has 6 heteroatoms. The number of hydrogen-bond donors (Lipinski definition) is 0. The summed E-state index contributed by atoms with van der Waals surface area (Å²) in [6.45, 7) is 6.02. The zero-order valence-electron chi connectivity index (χ0n) is 14.7. The molecule has 0 radical (unpaired) electrons. The monoisotopic (exact) mass is 468 g/mol. The zero-order chi connectivity index (χ0) is 20.5. The van der Waals surface area contributed by atoms with Crippen molar-refractivity contribution in [1.82, 2.24) is 0 Å². The Labute approximate surface area is 178 Å². The van der Waals surface area contributed by atoms with Crippen LogP contribution in [0.25, 0.3) is 0 Å². The van der Waals surface area contributed by atoms with E-state index in [1.165, 1.54) is 50.3 Å². The second-order valence-corrected chi connectivity index (χ2v) is 5.03. The van der Waals surface area contributed by atoms with Crippen LogP contribution in [0.1, 0.15) is 45.4 Å². The van der Waals surface area contributed by atoms with Crippen molar-refractivity contribution >= 4 is 11.6 Å². The van der Waals surface area contributed by atoms with Crippen molar-refractivity contribution in [3.63, 3.8) is 0 Å². The summed E-state index contributed by atoms with van der Waals surface area (Å²) in [7, 11) is 0. The maximum absolute atomic E-state index is 12.1. The molecule has 26 heavy (non-hydrogen) atoms. The Kier molecular flexibility index (Phi) is 33.5. The molecule has 0 fully saturated rings. The maximum atomic E-state index is 12.1. The third-order valence-corrected chi connectivity index (χ3v) is 2.85. The van der Waals surface area contributed by atoms with E-state index in [1.807, 2.05) is 24.3 Å². The van der Waals surface area contributed by atoms with Crippen LogP contribution < -0.4 is 0 Å². The van der Waals surface area contributed by atoms with Crippen LogP contribution >= 0.6 is 11.6 Å². The molecule has 2 aromatic rings. The van der Waals surface area contributed by atoms with E-state index in [0.29, 0.717) is 5.02 Å². The molecular formula is C20H24ClCo2FO2-4. The van der Waals surface area contributed by atoms with Gasteiger partial charge in [-0.15, -0.1) is 23.7 Å². The van der Waals surface area contributed by atoms with Gasteiger partial charge >= 0.3 is 39.1 Å². The fourth-order valence-corrected chi connectivity index (χ4v) is 1.66. The van der Waals surface area contributed by atoms with Gasteiger partial charge in [-0.2, -0.15) is 18.6 Å². The van der Waals surface area contributed by atoms with Gasteiger partial charge < -0.3 is 19.1 Å². The molecule has 0 aliphatic carbocycles. The first-order valence-corrected chi connectivity index (χ1v) is 9.14. The van der Waals surface area contributed by atoms with Gasteiger partial charge in [0.25, 0.3) is 0 Å². The van der Waals surface area contributed by atoms with Gasteiger partial charge in [-0.25, -0.2) is 4.39 Å². The van der Waals surface area contributed by atoms with Crippen molar-refractivity contribution in [3.8, 4) is 0 Å². The molecule has 0 amide bonds. The first-order chi connectivity index (χ1) is 12.7. The Morgan fingerprint density at radius 1 is 0.962 bits per heavy atom. The number of hydrogen-bond acceptors (Lipinski definition) is 2. The van der Waals surface area contributed by atoms with Crippen LogP contribution in [0.3, 0.4) is 0 Å². The summed E-state index contributed by atoms with van der Waals surface area (Å²) in [5.41, 5.74) is 0. The molecule has 0 N–H and O–H groups in total. The Balaban J connectivity index is -0.000000280. The van der Waals surface area contributed by atoms with Crippen molar-refractivity contribution in [1.29, 1.82) is 0 Å². The van der Waals surface area contributed by atoms with Crippen molar-refractivity contribution < 1.29 is 43.5 Å². The normalized spacial score (nSPS) is 8.08. The van der Waals surface area contributed by atoms with E-state index >= 15 is 0 Å². The van der Waals surface area contributed by atoms with Gasteiger partial charge in [0.2, 0.25) is 0 Å². The second-order valence-electron chi connectivity index (χ2n) is 4.62. The van der Waals surface area contributed by atoms with Gasteiger partial charge in [0, 0.05) is 5.82 Å². The minimum Gasteiger partial charge on any atom is -0.319 e. The fourth-order valence-electron chi connectivity index (χ4n) is 1.50. The Hall–Kier alpha value is -0.727. The van der Waals surface area contributed by atoms with Crippen LogP contribution in [0, 0.1) is 30.9 Å². The average molecular weight is 469 g/mol. The summed E-state index contributed by atoms with van der Waals surface area (Å²) in [6, 6.07) is 19.5. The largest absolute Gasteiger partial charge is 0.319 e. The maximum Gasteiger partial charge on any atom is -0.288 e. The predicted molar refractivity (Wildman–Crippen MR) is 94.5 cm³/mol. The molecule has 0 atom stereocenters. The molecular weight excluding hydrogens is 445 g/mol. The van der Waals surface area contributed by atoms with Crippen LogP contribution in [0.5, 0.6) is 0 Å². The van der Waals surface area contributed by atoms with E-state index in [4.69, 9.17) is 19.3 Å². The van der Waals surface area contributed by atoms with Crippen LogP contribution in [0.4, 0.5) is 4.39 Å². The van der Waals surface area contributed by atoms with Gasteiger partial charge in [-0.3, -0.25) is 24.3 Å². The Bertz CT molecular complexity index is 438. The van der Waals surface area contributed by atoms with Crippen LogP contribution in [-0.2, 0) is 39.1 Å². The topological polar surface area (TPSA) is 34.1 Å². The molecule has 0 saturated heterocycles. The summed E-state index contributed by atoms with van der Waals surface area (Å²) < 4.78 is 27.9. The van der Waals surface area contributed by atoms with Gasteiger partial charge in [0.05, 0.1) is 0 Å². The smallest absolute Gasteiger partial charge is 0.288 e. The fraction of sp³-hybridized carbons (Fsp3) is 0.350. The number of halogens is 2. The van der Waals surface area contributed by atoms with Crippen molar-refractivity contribution in [3.05, 3.63) is 78.4 Å². The third-order valence-electron chi connectivity index (χ3n) is 2.63. The van der Waals surface area contributed by atoms with E-state index in [2.05, 4.69) is 63.4 Å². The molecule has 0 bridgehead atoms. The first-order valence-electron chi connectivity index (χ1n) is 7.92. The third kappa shape index (κ3) is 28.1. The van der Waals surface area contributed by atoms with E-state index in [0.717, 1.165) is 6.42 Å². The van der Waals surface area contributed by atoms with Gasteiger partial charge in [-0.05, 0) is 0 Å². The number of unbranched alkanes of at least 4 members (excludes halogenated alkanes) is 5. The van der Waals surface area contributed by atoms with Gasteiger partial charge in [-0.1, -0.05) is 44.1 Å². The molecule has 2 rings (SSSR count). The summed E-state index contributed by atoms with van der Waals surface area (Å²) in [4.78, 5) is 0. The van der Waals surface area contributed by atoms with Crippen LogP contribution in [-0.4, -0.2) is 0 Å². The summed E-state index contributed by atoms with van der Waals surface area (Å²) in [5.74, 6) is -0.325. The predicted octanol–water partition coefficient (Wildman–Crippen LogP) is 6.50. The molecule has 2 nitrogen and oxygen atoms in total. The van der Waals surface area contributed by atoms with Gasteiger partial charge in [0.15, 0.2) is 0 Å².